The van der Waals surface area contributed by atoms with Crippen LogP contribution in [0, 0.1) is 41.4 Å². The quantitative estimate of drug-likeness (QED) is 0.621. The summed E-state index contributed by atoms with van der Waals surface area (Å²) in [5.74, 6) is 4.08. The maximum absolute atomic E-state index is 12.3. The van der Waals surface area contributed by atoms with E-state index in [1.807, 2.05) is 0 Å². The fourth-order valence-corrected chi connectivity index (χ4v) is 5.68. The van der Waals surface area contributed by atoms with E-state index in [0.29, 0.717) is 30.3 Å². The molecule has 7 unspecified atom stereocenters. The molecule has 0 aromatic carbocycles. The average molecular weight is 275 g/mol. The fourth-order valence-electron chi connectivity index (χ4n) is 5.68. The van der Waals surface area contributed by atoms with Gasteiger partial charge in [0.15, 0.2) is 0 Å². The summed E-state index contributed by atoms with van der Waals surface area (Å²) in [7, 11) is 0. The molecular weight excluding hydrogens is 254 g/mol. The highest BCUT2D eigenvalue weighted by molar-refractivity contribution is 5.93. The predicted octanol–water partition coefficient (Wildman–Crippen LogP) is 2.35. The molecule has 0 heterocycles. The minimum atomic E-state index is -0.593. The number of nitrogens with one attached hydrogen (secondary N) is 1. The minimum absolute atomic E-state index is 0.0263. The summed E-state index contributed by atoms with van der Waals surface area (Å²) in [5, 5.41) is 2.41. The van der Waals surface area contributed by atoms with Crippen LogP contribution in [0.1, 0.15) is 26.2 Å². The molecule has 1 N–H and O–H groups in total. The van der Waals surface area contributed by atoms with Gasteiger partial charge in [-0.2, -0.15) is 0 Å². The second-order valence-electron chi connectivity index (χ2n) is 6.81. The van der Waals surface area contributed by atoms with Crippen LogP contribution in [0.4, 0.5) is 4.79 Å². The van der Waals surface area contributed by atoms with E-state index in [-0.39, 0.29) is 11.8 Å². The molecule has 3 saturated carbocycles. The number of hydrogen-bond acceptors (Lipinski definition) is 3. The van der Waals surface area contributed by atoms with E-state index in [0.717, 1.165) is 18.3 Å². The van der Waals surface area contributed by atoms with Crippen molar-refractivity contribution < 1.29 is 14.3 Å². The van der Waals surface area contributed by atoms with Gasteiger partial charge in [0.25, 0.3) is 0 Å². The molecule has 4 aliphatic carbocycles. The van der Waals surface area contributed by atoms with Crippen LogP contribution in [-0.2, 0) is 9.53 Å². The van der Waals surface area contributed by atoms with Crippen LogP contribution in [0.5, 0.6) is 0 Å². The summed E-state index contributed by atoms with van der Waals surface area (Å²) in [5.41, 5.74) is 0. The molecule has 4 aliphatic rings. The average Bonchev–Trinajstić information content (AvgIpc) is 3.17. The van der Waals surface area contributed by atoms with Gasteiger partial charge in [0.1, 0.15) is 0 Å². The molecule has 108 valence electrons. The number of alkyl carbamates (subject to hydrolysis) is 1. The van der Waals surface area contributed by atoms with E-state index in [1.165, 1.54) is 12.8 Å². The van der Waals surface area contributed by atoms with Crippen LogP contribution in [0.15, 0.2) is 12.2 Å². The van der Waals surface area contributed by atoms with Crippen LogP contribution >= 0.6 is 0 Å². The lowest BCUT2D eigenvalue weighted by Gasteiger charge is -2.35. The third-order valence-corrected chi connectivity index (χ3v) is 6.11. The van der Waals surface area contributed by atoms with E-state index in [9.17, 15) is 9.59 Å². The van der Waals surface area contributed by atoms with Gasteiger partial charge in [-0.05, 0) is 61.7 Å². The Balaban J connectivity index is 1.46. The first-order valence-corrected chi connectivity index (χ1v) is 7.85. The predicted molar refractivity (Wildman–Crippen MR) is 72.6 cm³/mol. The van der Waals surface area contributed by atoms with Gasteiger partial charge < -0.3 is 4.74 Å². The van der Waals surface area contributed by atoms with Gasteiger partial charge in [0.2, 0.25) is 5.91 Å². The fraction of sp³-hybridized carbons (Fsp3) is 0.750. The van der Waals surface area contributed by atoms with E-state index >= 15 is 0 Å². The second-order valence-corrected chi connectivity index (χ2v) is 6.81. The zero-order valence-corrected chi connectivity index (χ0v) is 11.7. The zero-order chi connectivity index (χ0) is 13.9. The number of imide groups is 1. The second kappa shape index (κ2) is 4.34. The Morgan fingerprint density at radius 2 is 1.90 bits per heavy atom. The van der Waals surface area contributed by atoms with Crippen LogP contribution < -0.4 is 5.32 Å². The first kappa shape index (κ1) is 12.4. The Morgan fingerprint density at radius 1 is 1.15 bits per heavy atom. The highest BCUT2D eigenvalue weighted by Gasteiger charge is 2.62. The van der Waals surface area contributed by atoms with Gasteiger partial charge in [-0.25, -0.2) is 4.79 Å². The topological polar surface area (TPSA) is 55.4 Å². The summed E-state index contributed by atoms with van der Waals surface area (Å²) in [6.07, 6.45) is 7.63. The van der Waals surface area contributed by atoms with Crippen molar-refractivity contribution in [3.8, 4) is 0 Å². The van der Waals surface area contributed by atoms with Gasteiger partial charge in [-0.3, -0.25) is 10.1 Å². The van der Waals surface area contributed by atoms with Crippen molar-refractivity contribution in [3.63, 3.8) is 0 Å². The van der Waals surface area contributed by atoms with Crippen molar-refractivity contribution in [2.24, 2.45) is 41.4 Å². The standard InChI is InChI=1S/C16H21NO3/c1-2-20-16(19)17-15(18)12-7-10-6-11(12)14-9-4-3-8(5-9)13(10)14/h3-4,8-14H,2,5-7H2,1H3,(H,17,18,19). The molecule has 2 amide bonds. The van der Waals surface area contributed by atoms with Gasteiger partial charge in [0.05, 0.1) is 6.61 Å². The molecular formula is C16H21NO3. The van der Waals surface area contributed by atoms with Crippen LogP contribution in [-0.4, -0.2) is 18.6 Å². The van der Waals surface area contributed by atoms with Crippen molar-refractivity contribution in [1.29, 1.82) is 0 Å². The highest BCUT2D eigenvalue weighted by Crippen LogP contribution is 2.66. The summed E-state index contributed by atoms with van der Waals surface area (Å²) in [6, 6.07) is 0. The molecule has 0 radical (unpaired) electrons. The summed E-state index contributed by atoms with van der Waals surface area (Å²) < 4.78 is 4.81. The number of fused-ring (bicyclic) bond motifs is 9. The molecule has 0 aromatic heterocycles. The van der Waals surface area contributed by atoms with Crippen LogP contribution in [0.2, 0.25) is 0 Å². The normalized spacial score (nSPS) is 46.5. The Kier molecular flexibility index (Phi) is 2.69. The number of allylic oxidation sites excluding steroid dienone is 2. The number of amides is 2. The van der Waals surface area contributed by atoms with Crippen molar-refractivity contribution in [1.82, 2.24) is 5.32 Å². The number of rotatable bonds is 2. The summed E-state index contributed by atoms with van der Waals surface area (Å²) in [4.78, 5) is 23.7. The molecule has 20 heavy (non-hydrogen) atoms. The Bertz CT molecular complexity index is 486. The largest absolute Gasteiger partial charge is 0.450 e. The maximum atomic E-state index is 12.3. The summed E-state index contributed by atoms with van der Waals surface area (Å²) in [6.45, 7) is 2.04. The molecule has 7 atom stereocenters. The molecule has 4 rings (SSSR count). The third kappa shape index (κ3) is 1.60. The molecule has 4 heteroatoms. The SMILES string of the molecule is CCOC(=O)NC(=O)C1CC2CC1C1C3C=CC(C3)C21. The maximum Gasteiger partial charge on any atom is 0.413 e. The molecule has 0 aliphatic heterocycles. The van der Waals surface area contributed by atoms with E-state index < -0.39 is 6.09 Å². The first-order valence-electron chi connectivity index (χ1n) is 7.85. The van der Waals surface area contributed by atoms with Gasteiger partial charge in [-0.15, -0.1) is 0 Å². The Labute approximate surface area is 118 Å². The van der Waals surface area contributed by atoms with E-state index in [2.05, 4.69) is 17.5 Å². The molecule has 0 saturated heterocycles. The highest BCUT2D eigenvalue weighted by atomic mass is 16.5. The Hall–Kier alpha value is -1.32. The number of ether oxygens (including phenoxy) is 1. The van der Waals surface area contributed by atoms with Crippen molar-refractivity contribution in [2.45, 2.75) is 26.2 Å². The van der Waals surface area contributed by atoms with E-state index in [1.54, 1.807) is 6.92 Å². The molecule has 0 aromatic rings. The lowest BCUT2D eigenvalue weighted by Crippen LogP contribution is -2.42. The number of hydrogen-bond donors (Lipinski definition) is 1. The molecule has 3 fully saturated rings. The van der Waals surface area contributed by atoms with Crippen molar-refractivity contribution >= 4 is 12.0 Å². The van der Waals surface area contributed by atoms with Crippen molar-refractivity contribution in [3.05, 3.63) is 12.2 Å². The van der Waals surface area contributed by atoms with E-state index in [4.69, 9.17) is 4.74 Å². The smallest absolute Gasteiger partial charge is 0.413 e. The number of carbonyl (C=O) groups is 2. The van der Waals surface area contributed by atoms with Gasteiger partial charge >= 0.3 is 6.09 Å². The van der Waals surface area contributed by atoms with Crippen LogP contribution in [0.3, 0.4) is 0 Å². The lowest BCUT2D eigenvalue weighted by atomic mass is 9.69. The molecule has 4 bridgehead atoms. The minimum Gasteiger partial charge on any atom is -0.450 e. The van der Waals surface area contributed by atoms with Gasteiger partial charge in [-0.1, -0.05) is 12.2 Å². The first-order chi connectivity index (χ1) is 9.69. The number of carbonyl (C=O) groups excluding carboxylic acids is 2. The molecule has 0 spiro atoms. The zero-order valence-electron chi connectivity index (χ0n) is 11.7. The van der Waals surface area contributed by atoms with Crippen LogP contribution in [0.25, 0.3) is 0 Å². The third-order valence-electron chi connectivity index (χ3n) is 6.11. The van der Waals surface area contributed by atoms with Crippen molar-refractivity contribution in [2.75, 3.05) is 6.61 Å². The van der Waals surface area contributed by atoms with Gasteiger partial charge in [0, 0.05) is 5.92 Å². The monoisotopic (exact) mass is 275 g/mol. The Morgan fingerprint density at radius 3 is 2.65 bits per heavy atom. The summed E-state index contributed by atoms with van der Waals surface area (Å²) >= 11 is 0. The molecule has 4 nitrogen and oxygen atoms in total. The lowest BCUT2D eigenvalue weighted by molar-refractivity contribution is -0.127.